The first-order valence-corrected chi connectivity index (χ1v) is 7.72. The van der Waals surface area contributed by atoms with Crippen molar-refractivity contribution in [1.29, 1.82) is 0 Å². The van der Waals surface area contributed by atoms with Crippen LogP contribution >= 0.6 is 15.9 Å². The summed E-state index contributed by atoms with van der Waals surface area (Å²) in [6, 6.07) is 5.93. The summed E-state index contributed by atoms with van der Waals surface area (Å²) >= 11 is 3.51. The van der Waals surface area contributed by atoms with Crippen LogP contribution < -0.4 is 0 Å². The van der Waals surface area contributed by atoms with Gasteiger partial charge in [-0.2, -0.15) is 0 Å². The molecule has 0 bridgehead atoms. The molecule has 0 aromatic heterocycles. The van der Waals surface area contributed by atoms with Crippen molar-refractivity contribution in [3.63, 3.8) is 0 Å². The van der Waals surface area contributed by atoms with Gasteiger partial charge in [0.15, 0.2) is 5.78 Å². The second kappa shape index (κ2) is 6.01. The standard InChI is InChI=1S/C16H21BrO/c1-3-12-6-4-7-13(10-12)16(18)14-8-5-9-15(17)11(14)2/h5,8-9,12-13H,3-4,6-7,10H2,1-2H3. The lowest BCUT2D eigenvalue weighted by molar-refractivity contribution is 0.0861. The van der Waals surface area contributed by atoms with E-state index < -0.39 is 0 Å². The number of carbonyl (C=O) groups is 1. The molecule has 2 heteroatoms. The third-order valence-electron chi connectivity index (χ3n) is 4.26. The zero-order valence-corrected chi connectivity index (χ0v) is 12.8. The molecule has 18 heavy (non-hydrogen) atoms. The SMILES string of the molecule is CCC1CCCC(C(=O)c2cccc(Br)c2C)C1. The highest BCUT2D eigenvalue weighted by Gasteiger charge is 2.27. The minimum absolute atomic E-state index is 0.247. The Balaban J connectivity index is 2.18. The fourth-order valence-corrected chi connectivity index (χ4v) is 3.36. The summed E-state index contributed by atoms with van der Waals surface area (Å²) in [5, 5.41) is 0. The minimum Gasteiger partial charge on any atom is -0.294 e. The molecule has 1 aromatic carbocycles. The Kier molecular flexibility index (Phi) is 4.60. The molecule has 0 heterocycles. The monoisotopic (exact) mass is 308 g/mol. The Bertz CT molecular complexity index is 439. The number of rotatable bonds is 3. The Hall–Kier alpha value is -0.630. The van der Waals surface area contributed by atoms with Crippen molar-refractivity contribution in [3.8, 4) is 0 Å². The van der Waals surface area contributed by atoms with Gasteiger partial charge in [-0.1, -0.05) is 54.2 Å². The van der Waals surface area contributed by atoms with Crippen molar-refractivity contribution in [3.05, 3.63) is 33.8 Å². The topological polar surface area (TPSA) is 17.1 Å². The number of halogens is 1. The van der Waals surface area contributed by atoms with E-state index in [4.69, 9.17) is 0 Å². The van der Waals surface area contributed by atoms with Gasteiger partial charge in [0.25, 0.3) is 0 Å². The van der Waals surface area contributed by atoms with Crippen LogP contribution in [0.25, 0.3) is 0 Å². The largest absolute Gasteiger partial charge is 0.294 e. The van der Waals surface area contributed by atoms with E-state index in [2.05, 4.69) is 22.9 Å². The van der Waals surface area contributed by atoms with Crippen molar-refractivity contribution in [1.82, 2.24) is 0 Å². The van der Waals surface area contributed by atoms with Crippen molar-refractivity contribution in [2.75, 3.05) is 0 Å². The Morgan fingerprint density at radius 3 is 2.89 bits per heavy atom. The van der Waals surface area contributed by atoms with E-state index in [0.29, 0.717) is 5.78 Å². The number of ketones is 1. The zero-order chi connectivity index (χ0) is 13.1. The molecule has 2 rings (SSSR count). The van der Waals surface area contributed by atoms with Gasteiger partial charge in [0.2, 0.25) is 0 Å². The van der Waals surface area contributed by atoms with Crippen LogP contribution in [0, 0.1) is 18.8 Å². The Labute approximate surface area is 118 Å². The summed E-state index contributed by atoms with van der Waals surface area (Å²) in [6.45, 7) is 4.26. The van der Waals surface area contributed by atoms with Crippen LogP contribution in [0.4, 0.5) is 0 Å². The fraction of sp³-hybridized carbons (Fsp3) is 0.562. The Morgan fingerprint density at radius 2 is 2.17 bits per heavy atom. The predicted octanol–water partition coefficient (Wildman–Crippen LogP) is 5.16. The predicted molar refractivity (Wildman–Crippen MR) is 78.9 cm³/mol. The zero-order valence-electron chi connectivity index (χ0n) is 11.2. The molecule has 1 aromatic rings. The summed E-state index contributed by atoms with van der Waals surface area (Å²) in [4.78, 5) is 12.6. The van der Waals surface area contributed by atoms with Gasteiger partial charge >= 0.3 is 0 Å². The maximum absolute atomic E-state index is 12.6. The van der Waals surface area contributed by atoms with Crippen molar-refractivity contribution < 1.29 is 4.79 Å². The lowest BCUT2D eigenvalue weighted by Crippen LogP contribution is -2.23. The number of benzene rings is 1. The molecular weight excluding hydrogens is 288 g/mol. The first-order chi connectivity index (χ1) is 8.63. The molecule has 0 amide bonds. The summed E-state index contributed by atoms with van der Waals surface area (Å²) < 4.78 is 1.04. The normalized spacial score (nSPS) is 23.9. The van der Waals surface area contributed by atoms with E-state index in [1.54, 1.807) is 0 Å². The van der Waals surface area contributed by atoms with E-state index in [9.17, 15) is 4.79 Å². The average molecular weight is 309 g/mol. The van der Waals surface area contributed by atoms with Crippen molar-refractivity contribution in [2.45, 2.75) is 46.0 Å². The molecule has 0 saturated heterocycles. The van der Waals surface area contributed by atoms with Crippen LogP contribution in [-0.4, -0.2) is 5.78 Å². The maximum Gasteiger partial charge on any atom is 0.166 e. The second-order valence-corrected chi connectivity index (χ2v) is 6.27. The first kappa shape index (κ1) is 13.8. The number of hydrogen-bond donors (Lipinski definition) is 0. The molecule has 1 nitrogen and oxygen atoms in total. The van der Waals surface area contributed by atoms with Crippen molar-refractivity contribution in [2.24, 2.45) is 11.8 Å². The van der Waals surface area contributed by atoms with Gasteiger partial charge < -0.3 is 0 Å². The number of hydrogen-bond acceptors (Lipinski definition) is 1. The summed E-state index contributed by atoms with van der Waals surface area (Å²) in [5.41, 5.74) is 1.99. The van der Waals surface area contributed by atoms with E-state index in [1.807, 2.05) is 25.1 Å². The molecule has 2 atom stereocenters. The summed E-state index contributed by atoms with van der Waals surface area (Å²) in [5.74, 6) is 1.35. The van der Waals surface area contributed by atoms with E-state index in [1.165, 1.54) is 19.3 Å². The third-order valence-corrected chi connectivity index (χ3v) is 5.12. The van der Waals surface area contributed by atoms with E-state index in [0.717, 1.165) is 34.4 Å². The van der Waals surface area contributed by atoms with Crippen LogP contribution in [0.15, 0.2) is 22.7 Å². The highest BCUT2D eigenvalue weighted by atomic mass is 79.9. The van der Waals surface area contributed by atoms with Gasteiger partial charge in [0.05, 0.1) is 0 Å². The molecule has 0 N–H and O–H groups in total. The van der Waals surface area contributed by atoms with E-state index >= 15 is 0 Å². The lowest BCUT2D eigenvalue weighted by Gasteiger charge is -2.27. The number of carbonyl (C=O) groups excluding carboxylic acids is 1. The second-order valence-electron chi connectivity index (χ2n) is 5.41. The highest BCUT2D eigenvalue weighted by Crippen LogP contribution is 2.34. The molecule has 2 unspecified atom stereocenters. The van der Waals surface area contributed by atoms with Crippen molar-refractivity contribution >= 4 is 21.7 Å². The first-order valence-electron chi connectivity index (χ1n) is 6.92. The average Bonchev–Trinajstić information content (AvgIpc) is 2.41. The maximum atomic E-state index is 12.6. The van der Waals surface area contributed by atoms with Crippen LogP contribution in [0.3, 0.4) is 0 Å². The molecule has 1 saturated carbocycles. The van der Waals surface area contributed by atoms with Gasteiger partial charge in [0.1, 0.15) is 0 Å². The van der Waals surface area contributed by atoms with Gasteiger partial charge in [-0.25, -0.2) is 0 Å². The summed E-state index contributed by atoms with van der Waals surface area (Å²) in [6.07, 6.45) is 5.88. The third kappa shape index (κ3) is 2.85. The van der Waals surface area contributed by atoms with Crippen LogP contribution in [0.1, 0.15) is 54.9 Å². The molecular formula is C16H21BrO. The number of Topliss-reactive ketones (excluding diaryl/α,β-unsaturated/α-hetero) is 1. The van der Waals surface area contributed by atoms with E-state index in [-0.39, 0.29) is 5.92 Å². The molecule has 98 valence electrons. The van der Waals surface area contributed by atoms with Crippen LogP contribution in [-0.2, 0) is 0 Å². The van der Waals surface area contributed by atoms with Gasteiger partial charge in [-0.3, -0.25) is 4.79 Å². The molecule has 1 aliphatic carbocycles. The van der Waals surface area contributed by atoms with Gasteiger partial charge in [-0.15, -0.1) is 0 Å². The molecule has 0 radical (unpaired) electrons. The van der Waals surface area contributed by atoms with Gasteiger partial charge in [-0.05, 0) is 37.3 Å². The highest BCUT2D eigenvalue weighted by molar-refractivity contribution is 9.10. The Morgan fingerprint density at radius 1 is 1.39 bits per heavy atom. The lowest BCUT2D eigenvalue weighted by atomic mass is 9.76. The fourth-order valence-electron chi connectivity index (χ4n) is 2.99. The van der Waals surface area contributed by atoms with Crippen LogP contribution in [0.5, 0.6) is 0 Å². The molecule has 1 aliphatic rings. The summed E-state index contributed by atoms with van der Waals surface area (Å²) in [7, 11) is 0. The van der Waals surface area contributed by atoms with Crippen LogP contribution in [0.2, 0.25) is 0 Å². The smallest absolute Gasteiger partial charge is 0.166 e. The molecule has 0 spiro atoms. The molecule has 0 aliphatic heterocycles. The minimum atomic E-state index is 0.247. The quantitative estimate of drug-likeness (QED) is 0.705. The van der Waals surface area contributed by atoms with Gasteiger partial charge in [0, 0.05) is 16.0 Å². The molecule has 1 fully saturated rings.